The van der Waals surface area contributed by atoms with Crippen LogP contribution in [0.4, 0.5) is 22.0 Å². The number of halogens is 5. The van der Waals surface area contributed by atoms with E-state index in [0.29, 0.717) is 5.92 Å². The summed E-state index contributed by atoms with van der Waals surface area (Å²) < 4.78 is 64.7. The second-order valence-electron chi connectivity index (χ2n) is 6.69. The molecule has 1 nitrogen and oxygen atoms in total. The topological polar surface area (TPSA) is 20.2 Å². The van der Waals surface area contributed by atoms with E-state index in [-0.39, 0.29) is 18.3 Å². The summed E-state index contributed by atoms with van der Waals surface area (Å²) in [6.45, 7) is 7.69. The van der Waals surface area contributed by atoms with Gasteiger partial charge >= 0.3 is 6.18 Å². The smallest absolute Gasteiger partial charge is 0.376 e. The molecule has 1 aliphatic carbocycles. The third-order valence-corrected chi connectivity index (χ3v) is 4.55. The lowest BCUT2D eigenvalue weighted by atomic mass is 9.61. The molecule has 1 aliphatic rings. The maximum absolute atomic E-state index is 13.2. The van der Waals surface area contributed by atoms with Gasteiger partial charge in [-0.3, -0.25) is 0 Å². The van der Waals surface area contributed by atoms with Crippen LogP contribution in [0.2, 0.25) is 0 Å². The zero-order valence-electron chi connectivity index (χ0n) is 12.3. The van der Waals surface area contributed by atoms with Gasteiger partial charge < -0.3 is 5.11 Å². The monoisotopic (exact) mass is 302 g/mol. The van der Waals surface area contributed by atoms with E-state index in [2.05, 4.69) is 0 Å². The Morgan fingerprint density at radius 3 is 1.95 bits per heavy atom. The van der Waals surface area contributed by atoms with Crippen LogP contribution in [0.15, 0.2) is 0 Å². The van der Waals surface area contributed by atoms with Crippen LogP contribution in [-0.4, -0.2) is 22.8 Å². The van der Waals surface area contributed by atoms with Crippen molar-refractivity contribution in [2.45, 2.75) is 64.7 Å². The Kier molecular flexibility index (Phi) is 4.79. The first-order valence-corrected chi connectivity index (χ1v) is 6.99. The van der Waals surface area contributed by atoms with Crippen LogP contribution in [0.5, 0.6) is 0 Å². The summed E-state index contributed by atoms with van der Waals surface area (Å²) in [6.07, 6.45) is -5.38. The Labute approximate surface area is 116 Å². The zero-order chi connectivity index (χ0) is 15.9. The van der Waals surface area contributed by atoms with Gasteiger partial charge in [0, 0.05) is 12.3 Å². The second kappa shape index (κ2) is 5.43. The van der Waals surface area contributed by atoms with Crippen molar-refractivity contribution in [3.8, 4) is 0 Å². The van der Waals surface area contributed by atoms with Crippen molar-refractivity contribution in [1.82, 2.24) is 0 Å². The summed E-state index contributed by atoms with van der Waals surface area (Å²) in [6, 6.07) is 0. The highest BCUT2D eigenvalue weighted by atomic mass is 19.4. The van der Waals surface area contributed by atoms with Gasteiger partial charge in [0.15, 0.2) is 0 Å². The van der Waals surface area contributed by atoms with Gasteiger partial charge in [0.1, 0.15) is 0 Å². The summed E-state index contributed by atoms with van der Waals surface area (Å²) in [5, 5.41) is 9.47. The maximum Gasteiger partial charge on any atom is 0.423 e. The fraction of sp³-hybridized carbons (Fsp3) is 1.00. The molecule has 0 aromatic carbocycles. The van der Waals surface area contributed by atoms with E-state index < -0.39 is 30.0 Å². The normalized spacial score (nSPS) is 32.9. The molecule has 20 heavy (non-hydrogen) atoms. The molecule has 0 aliphatic heterocycles. The van der Waals surface area contributed by atoms with Crippen LogP contribution in [-0.2, 0) is 0 Å². The third kappa shape index (κ3) is 2.95. The minimum Gasteiger partial charge on any atom is -0.376 e. The second-order valence-corrected chi connectivity index (χ2v) is 6.69. The molecule has 0 radical (unpaired) electrons. The Balaban J connectivity index is 2.74. The lowest BCUT2D eigenvalue weighted by molar-refractivity contribution is -0.401. The van der Waals surface area contributed by atoms with Gasteiger partial charge in [-0.05, 0) is 30.6 Å². The van der Waals surface area contributed by atoms with Gasteiger partial charge in [-0.15, -0.1) is 0 Å². The number of aliphatic hydroxyl groups is 1. The van der Waals surface area contributed by atoms with Crippen molar-refractivity contribution >= 4 is 0 Å². The molecule has 0 saturated heterocycles. The van der Waals surface area contributed by atoms with E-state index in [9.17, 15) is 27.1 Å². The number of hydrogen-bond acceptors (Lipinski definition) is 1. The number of hydrogen-bond donors (Lipinski definition) is 1. The predicted octanol–water partition coefficient (Wildman–Crippen LogP) is 4.64. The lowest BCUT2D eigenvalue weighted by Crippen LogP contribution is -2.72. The standard InChI is InChI=1S/C14H23F5O/c1-8(2)5-9(3)10(4)6-11-7-12(15,16)13(11,20)14(17,18)19/h8-11,20H,5-7H2,1-4H3. The largest absolute Gasteiger partial charge is 0.423 e. The van der Waals surface area contributed by atoms with Gasteiger partial charge in [-0.2, -0.15) is 13.2 Å². The molecule has 1 rings (SSSR count). The number of alkyl halides is 5. The van der Waals surface area contributed by atoms with E-state index in [1.165, 1.54) is 0 Å². The van der Waals surface area contributed by atoms with Crippen molar-refractivity contribution in [3.63, 3.8) is 0 Å². The molecule has 0 aromatic heterocycles. The Hall–Kier alpha value is -0.390. The highest BCUT2D eigenvalue weighted by Crippen LogP contribution is 2.60. The van der Waals surface area contributed by atoms with Gasteiger partial charge in [0.2, 0.25) is 5.60 Å². The van der Waals surface area contributed by atoms with Crippen molar-refractivity contribution in [1.29, 1.82) is 0 Å². The van der Waals surface area contributed by atoms with Gasteiger partial charge in [0.05, 0.1) is 0 Å². The summed E-state index contributed by atoms with van der Waals surface area (Å²) in [7, 11) is 0. The first-order chi connectivity index (χ1) is 8.83. The van der Waals surface area contributed by atoms with Gasteiger partial charge in [-0.25, -0.2) is 8.78 Å². The summed E-state index contributed by atoms with van der Waals surface area (Å²) in [5.74, 6) is -5.08. The van der Waals surface area contributed by atoms with E-state index in [0.717, 1.165) is 6.42 Å². The number of rotatable bonds is 5. The fourth-order valence-electron chi connectivity index (χ4n) is 3.13. The third-order valence-electron chi connectivity index (χ3n) is 4.55. The van der Waals surface area contributed by atoms with Crippen LogP contribution in [0.3, 0.4) is 0 Å². The average Bonchev–Trinajstić information content (AvgIpc) is 2.24. The minimum atomic E-state index is -5.29. The molecule has 1 N–H and O–H groups in total. The van der Waals surface area contributed by atoms with Crippen LogP contribution in [0, 0.1) is 23.7 Å². The molecule has 4 unspecified atom stereocenters. The molecular formula is C14H23F5O. The first-order valence-electron chi connectivity index (χ1n) is 6.99. The van der Waals surface area contributed by atoms with Crippen LogP contribution < -0.4 is 0 Å². The molecule has 0 heterocycles. The summed E-state index contributed by atoms with van der Waals surface area (Å²) >= 11 is 0. The Morgan fingerprint density at radius 2 is 1.60 bits per heavy atom. The SMILES string of the molecule is CC(C)CC(C)C(C)CC1CC(F)(F)C1(O)C(F)(F)F. The quantitative estimate of drug-likeness (QED) is 0.733. The van der Waals surface area contributed by atoms with Crippen LogP contribution in [0.1, 0.15) is 47.0 Å². The summed E-state index contributed by atoms with van der Waals surface area (Å²) in [4.78, 5) is 0. The minimum absolute atomic E-state index is 0.0283. The molecule has 1 fully saturated rings. The predicted molar refractivity (Wildman–Crippen MR) is 66.5 cm³/mol. The Bertz CT molecular complexity index is 327. The molecule has 120 valence electrons. The molecule has 0 bridgehead atoms. The van der Waals surface area contributed by atoms with Gasteiger partial charge in [-0.1, -0.05) is 27.7 Å². The van der Waals surface area contributed by atoms with E-state index >= 15 is 0 Å². The fourth-order valence-corrected chi connectivity index (χ4v) is 3.13. The molecule has 0 spiro atoms. The van der Waals surface area contributed by atoms with Crippen LogP contribution in [0.25, 0.3) is 0 Å². The Morgan fingerprint density at radius 1 is 1.10 bits per heavy atom. The molecule has 0 aromatic rings. The van der Waals surface area contributed by atoms with Crippen molar-refractivity contribution in [3.05, 3.63) is 0 Å². The van der Waals surface area contributed by atoms with Crippen LogP contribution >= 0.6 is 0 Å². The average molecular weight is 302 g/mol. The highest BCUT2D eigenvalue weighted by Gasteiger charge is 2.79. The maximum atomic E-state index is 13.2. The van der Waals surface area contributed by atoms with E-state index in [1.54, 1.807) is 6.92 Å². The highest BCUT2D eigenvalue weighted by molar-refractivity contribution is 5.14. The lowest BCUT2D eigenvalue weighted by Gasteiger charge is -2.53. The molecule has 6 heteroatoms. The zero-order valence-corrected chi connectivity index (χ0v) is 12.3. The summed E-state index contributed by atoms with van der Waals surface area (Å²) in [5.41, 5.74) is -3.86. The molecule has 4 atom stereocenters. The van der Waals surface area contributed by atoms with Crippen molar-refractivity contribution < 1.29 is 27.1 Å². The molecular weight excluding hydrogens is 279 g/mol. The molecule has 0 amide bonds. The first kappa shape index (κ1) is 17.7. The van der Waals surface area contributed by atoms with Crippen molar-refractivity contribution in [2.24, 2.45) is 23.7 Å². The van der Waals surface area contributed by atoms with Crippen molar-refractivity contribution in [2.75, 3.05) is 0 Å². The van der Waals surface area contributed by atoms with E-state index in [1.807, 2.05) is 20.8 Å². The van der Waals surface area contributed by atoms with E-state index in [4.69, 9.17) is 0 Å². The van der Waals surface area contributed by atoms with Gasteiger partial charge in [0.25, 0.3) is 5.92 Å². The molecule has 1 saturated carbocycles.